The summed E-state index contributed by atoms with van der Waals surface area (Å²) in [5.74, 6) is 2.01. The molecule has 5 atom stereocenters. The third kappa shape index (κ3) is 5.43. The van der Waals surface area contributed by atoms with Crippen LogP contribution in [-0.4, -0.2) is 50.1 Å². The maximum Gasteiger partial charge on any atom is 0.503 e. The first-order valence-corrected chi connectivity index (χ1v) is 11.9. The van der Waals surface area contributed by atoms with Crippen molar-refractivity contribution in [3.8, 4) is 5.75 Å². The Morgan fingerprint density at radius 3 is 2.69 bits per heavy atom. The van der Waals surface area contributed by atoms with Gasteiger partial charge in [0.2, 0.25) is 0 Å². The van der Waals surface area contributed by atoms with Crippen molar-refractivity contribution in [2.75, 3.05) is 20.2 Å². The molecule has 8 nitrogen and oxygen atoms in total. The molecule has 0 amide bonds. The zero-order chi connectivity index (χ0) is 20.3. The molecule has 1 unspecified atom stereocenters. The molecule has 1 aromatic carbocycles. The Balaban J connectivity index is 0.000000552. The molecule has 2 aromatic rings. The van der Waals surface area contributed by atoms with Crippen LogP contribution in [-0.2, 0) is 0 Å². The van der Waals surface area contributed by atoms with Crippen LogP contribution in [0.5, 0.6) is 5.75 Å². The Hall–Kier alpha value is -1.34. The van der Waals surface area contributed by atoms with Crippen molar-refractivity contribution in [2.24, 2.45) is 11.8 Å². The van der Waals surface area contributed by atoms with Crippen molar-refractivity contribution in [3.63, 3.8) is 0 Å². The van der Waals surface area contributed by atoms with Crippen LogP contribution in [0.2, 0.25) is 0 Å². The Morgan fingerprint density at radius 1 is 1.38 bits per heavy atom. The first-order valence-electron chi connectivity index (χ1n) is 9.16. The molecule has 29 heavy (non-hydrogen) atoms. The van der Waals surface area contributed by atoms with Crippen LogP contribution in [0.3, 0.4) is 0 Å². The van der Waals surface area contributed by atoms with Gasteiger partial charge < -0.3 is 22.2 Å². The van der Waals surface area contributed by atoms with Crippen molar-refractivity contribution >= 4 is 10.9 Å². The zero-order valence-electron chi connectivity index (χ0n) is 16.2. The quantitative estimate of drug-likeness (QED) is 0.315. The van der Waals surface area contributed by atoms with Gasteiger partial charge in [0.25, 0.3) is 0 Å². The molecule has 3 saturated heterocycles. The van der Waals surface area contributed by atoms with E-state index in [1.54, 1.807) is 13.3 Å². The van der Waals surface area contributed by atoms with Crippen LogP contribution in [0, 0.1) is 11.8 Å². The number of aliphatic hydroxyl groups excluding tert-OH is 1. The largest absolute Gasteiger partial charge is 0.503 e. The van der Waals surface area contributed by atoms with Crippen LogP contribution in [0.25, 0.3) is 10.9 Å². The average molecular weight is 518 g/mol. The lowest BCUT2D eigenvalue weighted by Gasteiger charge is -2.50. The van der Waals surface area contributed by atoms with Gasteiger partial charge >= 0.3 is 21.1 Å². The molecular weight excluding hydrogens is 491 g/mol. The molecule has 3 aliphatic rings. The number of fused-ring (bicyclic) bond motifs is 4. The first-order chi connectivity index (χ1) is 13.4. The molecule has 0 radical (unpaired) electrons. The molecule has 0 saturated carbocycles. The fraction of sp³-hybridized carbons (Fsp3) is 0.450. The van der Waals surface area contributed by atoms with Gasteiger partial charge in [0.15, 0.2) is 0 Å². The highest BCUT2D eigenvalue weighted by Gasteiger charge is 2.42. The van der Waals surface area contributed by atoms with Gasteiger partial charge in [-0.05, 0) is 64.5 Å². The second-order valence-corrected chi connectivity index (χ2v) is 8.32. The lowest BCUT2D eigenvalue weighted by atomic mass is 9.73. The van der Waals surface area contributed by atoms with Crippen molar-refractivity contribution in [2.45, 2.75) is 25.0 Å². The number of benzene rings is 1. The summed E-state index contributed by atoms with van der Waals surface area (Å²) in [7, 11) is 1.66. The molecule has 9 heteroatoms. The monoisotopic (exact) mass is 518 g/mol. The van der Waals surface area contributed by atoms with Gasteiger partial charge in [0, 0.05) is 24.2 Å². The maximum atomic E-state index is 11.2. The van der Waals surface area contributed by atoms with Crippen molar-refractivity contribution in [1.82, 2.24) is 9.88 Å². The minimum absolute atomic E-state index is 0. The second kappa shape index (κ2) is 10.6. The molecular formula is C20H27IN2O6. The highest BCUT2D eigenvalue weighted by Crippen LogP contribution is 2.42. The molecule has 4 N–H and O–H groups in total. The number of pyridine rings is 1. The van der Waals surface area contributed by atoms with E-state index in [-0.39, 0.29) is 11.5 Å². The van der Waals surface area contributed by atoms with Gasteiger partial charge in [-0.15, -0.1) is 6.58 Å². The van der Waals surface area contributed by atoms with Crippen molar-refractivity contribution < 1.29 is 46.7 Å². The maximum absolute atomic E-state index is 11.2. The number of aliphatic hydroxyl groups is 1. The smallest absolute Gasteiger partial charge is 0.497 e. The van der Waals surface area contributed by atoms with E-state index < -0.39 is 27.2 Å². The van der Waals surface area contributed by atoms with Gasteiger partial charge in [-0.25, -0.2) is 0 Å². The number of halogens is 1. The van der Waals surface area contributed by atoms with E-state index in [4.69, 9.17) is 15.0 Å². The molecule has 3 fully saturated rings. The van der Waals surface area contributed by atoms with Crippen LogP contribution in [0.4, 0.5) is 0 Å². The van der Waals surface area contributed by atoms with E-state index >= 15 is 0 Å². The number of ether oxygens (including phenoxy) is 1. The SMILES string of the molecule is C=C[C@H]1CN2CC[C@H]1C[C@H]2[C@H](O)c1ccnc2ccc(OC)cc12.O.[O-][I+2]([O-])O. The van der Waals surface area contributed by atoms with E-state index in [1.165, 1.54) is 6.42 Å². The average Bonchev–Trinajstić information content (AvgIpc) is 2.72. The Labute approximate surface area is 178 Å². The lowest BCUT2D eigenvalue weighted by Crippen LogP contribution is -3.98. The van der Waals surface area contributed by atoms with Crippen LogP contribution < -0.4 is 32.7 Å². The molecule has 160 valence electrons. The topological polar surface area (TPSA) is 143 Å². The van der Waals surface area contributed by atoms with Crippen LogP contribution in [0.15, 0.2) is 43.1 Å². The summed E-state index contributed by atoms with van der Waals surface area (Å²) < 4.78 is 29.8. The van der Waals surface area contributed by atoms with E-state index in [2.05, 4.69) is 22.5 Å². The minimum Gasteiger partial charge on any atom is -0.497 e. The Bertz CT molecular complexity index is 818. The minimum atomic E-state index is -3.76. The first kappa shape index (κ1) is 23.9. The number of piperidine rings is 3. The van der Waals surface area contributed by atoms with Crippen LogP contribution >= 0.6 is 0 Å². The summed E-state index contributed by atoms with van der Waals surface area (Å²) in [4.78, 5) is 6.86. The van der Waals surface area contributed by atoms with Gasteiger partial charge in [-0.2, -0.15) is 0 Å². The van der Waals surface area contributed by atoms with Gasteiger partial charge in [-0.3, -0.25) is 9.88 Å². The molecule has 0 spiro atoms. The normalized spacial score (nSPS) is 26.3. The Kier molecular flexibility index (Phi) is 8.76. The zero-order valence-corrected chi connectivity index (χ0v) is 18.4. The summed E-state index contributed by atoms with van der Waals surface area (Å²) in [5, 5.41) is 12.1. The summed E-state index contributed by atoms with van der Waals surface area (Å²) in [6, 6.07) is 7.96. The molecule has 3 aliphatic heterocycles. The molecule has 1 aromatic heterocycles. The Morgan fingerprint density at radius 2 is 2.10 bits per heavy atom. The van der Waals surface area contributed by atoms with E-state index in [0.29, 0.717) is 11.8 Å². The standard InChI is InChI=1S/C20H24N2O2.HIO3.H2O/c1-3-13-12-22-9-7-14(13)10-19(22)20(23)16-6-8-21-18-5-4-15(24-2)11-17(16)18;2-1(3)4;/h3-6,8,11,13-14,19-20,23H,1,7,9-10,12H2,2H3;2H;1H2/t13-,14-,19-,20+;;/m0../s1. The van der Waals surface area contributed by atoms with E-state index in [1.807, 2.05) is 24.3 Å². The number of rotatable bonds is 4. The summed E-state index contributed by atoms with van der Waals surface area (Å²) in [5.41, 5.74) is 1.85. The molecule has 0 aliphatic carbocycles. The van der Waals surface area contributed by atoms with Gasteiger partial charge in [0.1, 0.15) is 5.75 Å². The highest BCUT2D eigenvalue weighted by atomic mass is 127. The van der Waals surface area contributed by atoms with Gasteiger partial charge in [0.05, 0.1) is 18.7 Å². The molecule has 2 bridgehead atoms. The van der Waals surface area contributed by atoms with Crippen molar-refractivity contribution in [1.29, 1.82) is 0 Å². The highest BCUT2D eigenvalue weighted by molar-refractivity contribution is 5.83. The lowest BCUT2D eigenvalue weighted by molar-refractivity contribution is -1.63. The summed E-state index contributed by atoms with van der Waals surface area (Å²) in [6.07, 6.45) is 5.62. The van der Waals surface area contributed by atoms with Gasteiger partial charge in [-0.1, -0.05) is 6.08 Å². The number of methoxy groups -OCH3 is 1. The molecule has 5 rings (SSSR count). The van der Waals surface area contributed by atoms with E-state index in [0.717, 1.165) is 41.7 Å². The predicted octanol–water partition coefficient (Wildman–Crippen LogP) is -3.58. The molecule has 4 heterocycles. The van der Waals surface area contributed by atoms with E-state index in [9.17, 15) is 5.11 Å². The predicted molar refractivity (Wildman–Crippen MR) is 101 cm³/mol. The number of hydrogen-bond acceptors (Lipinski definition) is 7. The number of aromatic nitrogens is 1. The third-order valence-electron chi connectivity index (χ3n) is 5.82. The van der Waals surface area contributed by atoms with Crippen LogP contribution in [0.1, 0.15) is 24.5 Å². The summed E-state index contributed by atoms with van der Waals surface area (Å²) in [6.45, 7) is 6.07. The fourth-order valence-corrected chi connectivity index (χ4v) is 4.44. The summed E-state index contributed by atoms with van der Waals surface area (Å²) >= 11 is -3.76. The second-order valence-electron chi connectivity index (χ2n) is 7.18. The van der Waals surface area contributed by atoms with Crippen molar-refractivity contribution in [3.05, 3.63) is 48.7 Å². The number of hydrogen-bond donors (Lipinski definition) is 2. The number of nitrogens with zero attached hydrogens (tertiary/aromatic N) is 2. The fourth-order valence-electron chi connectivity index (χ4n) is 4.44. The third-order valence-corrected chi connectivity index (χ3v) is 5.82.